The molecule has 0 aromatic heterocycles. The van der Waals surface area contributed by atoms with Gasteiger partial charge in [0.25, 0.3) is 0 Å². The summed E-state index contributed by atoms with van der Waals surface area (Å²) in [5.74, 6) is 0.877. The van der Waals surface area contributed by atoms with Crippen LogP contribution in [0, 0.1) is 19.8 Å². The highest BCUT2D eigenvalue weighted by molar-refractivity contribution is 6.08. The van der Waals surface area contributed by atoms with Crippen molar-refractivity contribution in [2.24, 2.45) is 5.92 Å². The SMILES string of the molecule is BCCc1ccc(CC2CN(CCC3CCCN3)C2)c(C)c1C. The van der Waals surface area contributed by atoms with Crippen LogP contribution in [0.15, 0.2) is 12.1 Å². The number of nitrogens with one attached hydrogen (secondary N) is 1. The topological polar surface area (TPSA) is 15.3 Å². The Morgan fingerprint density at radius 2 is 1.91 bits per heavy atom. The van der Waals surface area contributed by atoms with E-state index in [2.05, 4.69) is 44.0 Å². The van der Waals surface area contributed by atoms with E-state index in [4.69, 9.17) is 0 Å². The highest BCUT2D eigenvalue weighted by atomic mass is 15.2. The van der Waals surface area contributed by atoms with Gasteiger partial charge in [-0.15, -0.1) is 0 Å². The van der Waals surface area contributed by atoms with E-state index in [0.29, 0.717) is 0 Å². The standard InChI is InChI=1S/C20H33BN2/c1-15-16(2)19(6-5-18(15)7-9-21)12-17-13-23(14-17)11-8-20-4-3-10-22-20/h5-6,17,20,22H,3-4,7-14,21H2,1-2H3. The van der Waals surface area contributed by atoms with Crippen LogP contribution in [0.3, 0.4) is 0 Å². The zero-order valence-corrected chi connectivity index (χ0v) is 15.3. The van der Waals surface area contributed by atoms with Crippen LogP contribution in [0.4, 0.5) is 0 Å². The Bertz CT molecular complexity index is 517. The van der Waals surface area contributed by atoms with Crippen molar-refractivity contribution in [3.8, 4) is 0 Å². The summed E-state index contributed by atoms with van der Waals surface area (Å²) in [6.45, 7) is 9.78. The van der Waals surface area contributed by atoms with E-state index in [1.807, 2.05) is 0 Å². The summed E-state index contributed by atoms with van der Waals surface area (Å²) in [5.41, 5.74) is 6.22. The lowest BCUT2D eigenvalue weighted by Crippen LogP contribution is -2.48. The minimum absolute atomic E-state index is 0.796. The first-order valence-corrected chi connectivity index (χ1v) is 9.71. The zero-order valence-electron chi connectivity index (χ0n) is 15.3. The van der Waals surface area contributed by atoms with Gasteiger partial charge in [-0.05, 0) is 87.2 Å². The molecular weight excluding hydrogens is 279 g/mol. The molecule has 0 aliphatic carbocycles. The second kappa shape index (κ2) is 7.85. The van der Waals surface area contributed by atoms with Gasteiger partial charge in [-0.3, -0.25) is 0 Å². The first-order chi connectivity index (χ1) is 11.2. The fourth-order valence-electron chi connectivity index (χ4n) is 4.34. The monoisotopic (exact) mass is 312 g/mol. The molecule has 1 N–H and O–H groups in total. The van der Waals surface area contributed by atoms with Crippen LogP contribution < -0.4 is 5.32 Å². The molecule has 2 nitrogen and oxygen atoms in total. The zero-order chi connectivity index (χ0) is 16.2. The first-order valence-electron chi connectivity index (χ1n) is 9.71. The Labute approximate surface area is 143 Å². The molecule has 0 amide bonds. The molecule has 2 fully saturated rings. The van der Waals surface area contributed by atoms with Crippen molar-refractivity contribution in [1.82, 2.24) is 10.2 Å². The van der Waals surface area contributed by atoms with Crippen molar-refractivity contribution in [2.45, 2.75) is 58.3 Å². The maximum Gasteiger partial charge on any atom is 0.101 e. The molecule has 1 unspecified atom stereocenters. The van der Waals surface area contributed by atoms with E-state index in [-0.39, 0.29) is 0 Å². The molecule has 126 valence electrons. The summed E-state index contributed by atoms with van der Waals surface area (Å²) in [6.07, 6.45) is 7.85. The predicted molar refractivity (Wildman–Crippen MR) is 102 cm³/mol. The molecule has 2 aliphatic heterocycles. The summed E-state index contributed by atoms with van der Waals surface area (Å²) < 4.78 is 0. The molecule has 23 heavy (non-hydrogen) atoms. The maximum absolute atomic E-state index is 3.61. The van der Waals surface area contributed by atoms with Gasteiger partial charge in [-0.25, -0.2) is 0 Å². The number of hydrogen-bond donors (Lipinski definition) is 1. The van der Waals surface area contributed by atoms with Crippen LogP contribution in [-0.4, -0.2) is 45.0 Å². The lowest BCUT2D eigenvalue weighted by Gasteiger charge is -2.40. The number of aryl methyl sites for hydroxylation is 1. The van der Waals surface area contributed by atoms with Gasteiger partial charge in [0.2, 0.25) is 0 Å². The van der Waals surface area contributed by atoms with Crippen molar-refractivity contribution >= 4 is 7.85 Å². The fourth-order valence-corrected chi connectivity index (χ4v) is 4.34. The van der Waals surface area contributed by atoms with E-state index >= 15 is 0 Å². The molecule has 1 aromatic rings. The van der Waals surface area contributed by atoms with Crippen LogP contribution in [0.5, 0.6) is 0 Å². The highest BCUT2D eigenvalue weighted by Crippen LogP contribution is 2.26. The van der Waals surface area contributed by atoms with Crippen LogP contribution in [0.2, 0.25) is 6.32 Å². The normalized spacial score (nSPS) is 22.4. The van der Waals surface area contributed by atoms with Crippen LogP contribution >= 0.6 is 0 Å². The van der Waals surface area contributed by atoms with E-state index in [0.717, 1.165) is 12.0 Å². The minimum atomic E-state index is 0.796. The minimum Gasteiger partial charge on any atom is -0.314 e. The van der Waals surface area contributed by atoms with Crippen LogP contribution in [0.25, 0.3) is 0 Å². The Hall–Kier alpha value is -0.795. The van der Waals surface area contributed by atoms with Gasteiger partial charge >= 0.3 is 0 Å². The third kappa shape index (κ3) is 4.19. The second-order valence-electron chi connectivity index (χ2n) is 7.80. The average Bonchev–Trinajstić information content (AvgIpc) is 3.01. The average molecular weight is 312 g/mol. The van der Waals surface area contributed by atoms with Gasteiger partial charge in [0.15, 0.2) is 0 Å². The molecule has 1 aromatic carbocycles. The van der Waals surface area contributed by atoms with Crippen molar-refractivity contribution in [3.63, 3.8) is 0 Å². The molecular formula is C20H33BN2. The number of hydrogen-bond acceptors (Lipinski definition) is 2. The summed E-state index contributed by atoms with van der Waals surface area (Å²) in [7, 11) is 2.27. The van der Waals surface area contributed by atoms with Crippen molar-refractivity contribution in [2.75, 3.05) is 26.2 Å². The fraction of sp³-hybridized carbons (Fsp3) is 0.700. The summed E-state index contributed by atoms with van der Waals surface area (Å²) in [4.78, 5) is 2.65. The number of rotatable bonds is 7. The molecule has 1 atom stereocenters. The van der Waals surface area contributed by atoms with Crippen molar-refractivity contribution in [3.05, 3.63) is 34.4 Å². The number of benzene rings is 1. The van der Waals surface area contributed by atoms with Gasteiger partial charge in [0, 0.05) is 19.1 Å². The van der Waals surface area contributed by atoms with Crippen LogP contribution in [0.1, 0.15) is 41.5 Å². The molecule has 3 heteroatoms. The maximum atomic E-state index is 3.61. The smallest absolute Gasteiger partial charge is 0.101 e. The Balaban J connectivity index is 1.45. The summed E-state index contributed by atoms with van der Waals surface area (Å²) in [5, 5.41) is 3.61. The third-order valence-electron chi connectivity index (χ3n) is 6.03. The van der Waals surface area contributed by atoms with Gasteiger partial charge in [-0.2, -0.15) is 0 Å². The second-order valence-corrected chi connectivity index (χ2v) is 7.80. The predicted octanol–water partition coefficient (Wildman–Crippen LogP) is 2.51. The molecule has 0 radical (unpaired) electrons. The largest absolute Gasteiger partial charge is 0.314 e. The molecule has 0 saturated carbocycles. The van der Waals surface area contributed by atoms with Gasteiger partial charge < -0.3 is 10.2 Å². The van der Waals surface area contributed by atoms with Crippen LogP contribution in [-0.2, 0) is 12.8 Å². The van der Waals surface area contributed by atoms with Crippen molar-refractivity contribution in [1.29, 1.82) is 0 Å². The van der Waals surface area contributed by atoms with Crippen molar-refractivity contribution < 1.29 is 0 Å². The van der Waals surface area contributed by atoms with E-state index in [1.54, 1.807) is 16.7 Å². The lowest BCUT2D eigenvalue weighted by molar-refractivity contribution is 0.0961. The molecule has 0 bridgehead atoms. The van der Waals surface area contributed by atoms with Gasteiger partial charge in [0.05, 0.1) is 0 Å². The summed E-state index contributed by atoms with van der Waals surface area (Å²) in [6, 6.07) is 5.58. The highest BCUT2D eigenvalue weighted by Gasteiger charge is 2.27. The quantitative estimate of drug-likeness (QED) is 0.778. The summed E-state index contributed by atoms with van der Waals surface area (Å²) >= 11 is 0. The molecule has 3 rings (SSSR count). The number of likely N-dealkylation sites (tertiary alicyclic amines) is 1. The Morgan fingerprint density at radius 3 is 2.61 bits per heavy atom. The van der Waals surface area contributed by atoms with Gasteiger partial charge in [-0.1, -0.05) is 18.5 Å². The molecule has 2 heterocycles. The van der Waals surface area contributed by atoms with E-state index < -0.39 is 0 Å². The molecule has 0 spiro atoms. The molecule has 2 aliphatic rings. The van der Waals surface area contributed by atoms with E-state index in [1.165, 1.54) is 70.2 Å². The lowest BCUT2D eigenvalue weighted by atomic mass is 9.86. The van der Waals surface area contributed by atoms with Gasteiger partial charge in [0.1, 0.15) is 7.85 Å². The first kappa shape index (κ1) is 17.0. The third-order valence-corrected chi connectivity index (χ3v) is 6.03. The van der Waals surface area contributed by atoms with E-state index in [9.17, 15) is 0 Å². The molecule has 2 saturated heterocycles. The Morgan fingerprint density at radius 1 is 1.17 bits per heavy atom. The Kier molecular flexibility index (Phi) is 5.82. The number of nitrogens with zero attached hydrogens (tertiary/aromatic N) is 1.